The molecule has 1 aliphatic rings. The first-order valence-electron chi connectivity index (χ1n) is 11.8. The summed E-state index contributed by atoms with van der Waals surface area (Å²) in [4.78, 5) is 2.42. The third-order valence-electron chi connectivity index (χ3n) is 7.06. The Kier molecular flexibility index (Phi) is 4.85. The van der Waals surface area contributed by atoms with Gasteiger partial charge < -0.3 is 9.32 Å². The van der Waals surface area contributed by atoms with Crippen molar-refractivity contribution in [3.8, 4) is 28.5 Å². The van der Waals surface area contributed by atoms with Gasteiger partial charge in [0.2, 0.25) is 5.69 Å². The summed E-state index contributed by atoms with van der Waals surface area (Å²) in [5.74, 6) is 0. The number of benzene rings is 3. The normalized spacial score (nSPS) is 13.6. The van der Waals surface area contributed by atoms with Crippen LogP contribution in [0.3, 0.4) is 0 Å². The zero-order chi connectivity index (χ0) is 23.2. The summed E-state index contributed by atoms with van der Waals surface area (Å²) in [5.41, 5.74) is 8.73. The molecule has 34 heavy (non-hydrogen) atoms. The molecule has 1 saturated heterocycles. The number of hydrogen-bond donors (Lipinski definition) is 0. The Morgan fingerprint density at radius 2 is 1.65 bits per heavy atom. The van der Waals surface area contributed by atoms with Gasteiger partial charge in [-0.15, -0.1) is 0 Å². The molecule has 1 aliphatic heterocycles. The monoisotopic (exact) mass is 444 g/mol. The van der Waals surface area contributed by atoms with Crippen molar-refractivity contribution in [1.29, 1.82) is 5.26 Å². The van der Waals surface area contributed by atoms with Gasteiger partial charge in [0, 0.05) is 47.2 Å². The lowest BCUT2D eigenvalue weighted by Gasteiger charge is -2.18. The molecule has 6 rings (SSSR count). The molecule has 5 aromatic rings. The maximum Gasteiger partial charge on any atom is 0.216 e. The molecule has 0 unspecified atom stereocenters. The maximum atomic E-state index is 10.0. The highest BCUT2D eigenvalue weighted by atomic mass is 16.3. The topological polar surface area (TPSA) is 44.1 Å². The molecule has 0 N–H and O–H groups in total. The molecule has 4 heteroatoms. The van der Waals surface area contributed by atoms with E-state index in [-0.39, 0.29) is 0 Å². The highest BCUT2D eigenvalue weighted by molar-refractivity contribution is 6.14. The van der Waals surface area contributed by atoms with E-state index in [0.29, 0.717) is 5.56 Å². The van der Waals surface area contributed by atoms with E-state index in [1.165, 1.54) is 18.5 Å². The molecule has 4 nitrogen and oxygen atoms in total. The summed E-state index contributed by atoms with van der Waals surface area (Å²) >= 11 is 0. The predicted octanol–water partition coefficient (Wildman–Crippen LogP) is 6.52. The highest BCUT2D eigenvalue weighted by Gasteiger charge is 2.23. The van der Waals surface area contributed by atoms with Crippen LogP contribution in [0.4, 0.5) is 5.69 Å². The molecule has 0 aliphatic carbocycles. The second kappa shape index (κ2) is 8.04. The second-order valence-electron chi connectivity index (χ2n) is 9.15. The molecule has 0 bridgehead atoms. The Balaban J connectivity index is 1.65. The van der Waals surface area contributed by atoms with E-state index in [1.807, 2.05) is 18.2 Å². The van der Waals surface area contributed by atoms with Crippen molar-refractivity contribution in [2.45, 2.75) is 19.8 Å². The van der Waals surface area contributed by atoms with Crippen LogP contribution in [0.1, 0.15) is 24.0 Å². The van der Waals surface area contributed by atoms with Crippen LogP contribution in [-0.4, -0.2) is 13.1 Å². The first-order chi connectivity index (χ1) is 16.7. The van der Waals surface area contributed by atoms with E-state index in [1.54, 1.807) is 0 Å². The predicted molar refractivity (Wildman–Crippen MR) is 137 cm³/mol. The zero-order valence-electron chi connectivity index (χ0n) is 19.5. The zero-order valence-corrected chi connectivity index (χ0v) is 19.5. The number of pyridine rings is 1. The van der Waals surface area contributed by atoms with Gasteiger partial charge in [-0.05, 0) is 61.2 Å². The van der Waals surface area contributed by atoms with Gasteiger partial charge >= 0.3 is 0 Å². The van der Waals surface area contributed by atoms with Crippen molar-refractivity contribution in [2.24, 2.45) is 7.05 Å². The first-order valence-corrected chi connectivity index (χ1v) is 11.8. The Morgan fingerprint density at radius 3 is 2.41 bits per heavy atom. The van der Waals surface area contributed by atoms with Crippen LogP contribution in [0.2, 0.25) is 0 Å². The molecule has 3 aromatic carbocycles. The Bertz CT molecular complexity index is 1600. The summed E-state index contributed by atoms with van der Waals surface area (Å²) < 4.78 is 8.81. The average Bonchev–Trinajstić information content (AvgIpc) is 3.52. The molecular formula is C30H26N3O+. The molecule has 0 amide bonds. The molecule has 0 saturated carbocycles. The second-order valence-corrected chi connectivity index (χ2v) is 9.15. The fraction of sp³-hybridized carbons (Fsp3) is 0.200. The number of nitriles is 1. The lowest BCUT2D eigenvalue weighted by atomic mass is 9.96. The summed E-state index contributed by atoms with van der Waals surface area (Å²) in [6, 6.07) is 25.4. The number of rotatable bonds is 3. The quantitative estimate of drug-likeness (QED) is 0.297. The third-order valence-corrected chi connectivity index (χ3v) is 7.06. The van der Waals surface area contributed by atoms with Crippen LogP contribution < -0.4 is 9.47 Å². The van der Waals surface area contributed by atoms with Gasteiger partial charge in [-0.2, -0.15) is 5.26 Å². The van der Waals surface area contributed by atoms with Crippen molar-refractivity contribution in [1.82, 2.24) is 0 Å². The van der Waals surface area contributed by atoms with Crippen LogP contribution in [0, 0.1) is 18.3 Å². The van der Waals surface area contributed by atoms with Gasteiger partial charge in [-0.3, -0.25) is 0 Å². The molecule has 0 spiro atoms. The van der Waals surface area contributed by atoms with Gasteiger partial charge in [0.15, 0.2) is 6.20 Å². The molecule has 0 radical (unpaired) electrons. The number of nitrogens with zero attached hydrogens (tertiary/aromatic N) is 3. The van der Waals surface area contributed by atoms with Gasteiger partial charge in [-0.25, -0.2) is 4.57 Å². The van der Waals surface area contributed by atoms with Gasteiger partial charge in [0.25, 0.3) is 0 Å². The van der Waals surface area contributed by atoms with E-state index in [9.17, 15) is 5.26 Å². The standard InChI is InChI=1S/C30H26N3O/c1-20-11-13-24-25-14-12-22(19-31)28(21-8-7-9-23(18-21)33-16-5-6-17-33)30(25)34-29(24)27(20)26-10-3-4-15-32(26)2/h3-4,7-15,18H,5-6,16-17H2,1-2H3/q+1. The first kappa shape index (κ1) is 20.5. The molecule has 3 heterocycles. The molecular weight excluding hydrogens is 418 g/mol. The largest absolute Gasteiger partial charge is 0.454 e. The van der Waals surface area contributed by atoms with Crippen molar-refractivity contribution >= 4 is 27.6 Å². The minimum atomic E-state index is 0.633. The van der Waals surface area contributed by atoms with E-state index >= 15 is 0 Å². The number of aryl methyl sites for hydroxylation is 2. The summed E-state index contributed by atoms with van der Waals surface area (Å²) in [6.07, 6.45) is 4.51. The highest BCUT2D eigenvalue weighted by Crippen LogP contribution is 2.42. The number of hydrogen-bond acceptors (Lipinski definition) is 3. The third kappa shape index (κ3) is 3.16. The Morgan fingerprint density at radius 1 is 0.882 bits per heavy atom. The van der Waals surface area contributed by atoms with Crippen molar-refractivity contribution in [3.63, 3.8) is 0 Å². The van der Waals surface area contributed by atoms with Crippen molar-refractivity contribution in [3.05, 3.63) is 84.1 Å². The average molecular weight is 445 g/mol. The van der Waals surface area contributed by atoms with E-state index in [0.717, 1.165) is 63.0 Å². The van der Waals surface area contributed by atoms with Crippen LogP contribution >= 0.6 is 0 Å². The van der Waals surface area contributed by atoms with Crippen LogP contribution in [0.25, 0.3) is 44.3 Å². The summed E-state index contributed by atoms with van der Waals surface area (Å²) in [6.45, 7) is 4.29. The molecule has 2 aromatic heterocycles. The fourth-order valence-electron chi connectivity index (χ4n) is 5.32. The number of anilines is 1. The van der Waals surface area contributed by atoms with E-state index in [4.69, 9.17) is 4.42 Å². The van der Waals surface area contributed by atoms with Crippen molar-refractivity contribution < 1.29 is 8.98 Å². The van der Waals surface area contributed by atoms with Gasteiger partial charge in [-0.1, -0.05) is 24.3 Å². The lowest BCUT2D eigenvalue weighted by Crippen LogP contribution is -2.30. The van der Waals surface area contributed by atoms with Crippen LogP contribution in [0.5, 0.6) is 0 Å². The fourth-order valence-corrected chi connectivity index (χ4v) is 5.32. The number of aromatic nitrogens is 1. The lowest BCUT2D eigenvalue weighted by molar-refractivity contribution is -0.660. The number of fused-ring (bicyclic) bond motifs is 3. The smallest absolute Gasteiger partial charge is 0.216 e. The van der Waals surface area contributed by atoms with Crippen molar-refractivity contribution in [2.75, 3.05) is 18.0 Å². The minimum Gasteiger partial charge on any atom is -0.454 e. The SMILES string of the molecule is Cc1ccc2c(oc3c(-c4cccc(N5CCCC5)c4)c(C#N)ccc32)c1-c1cccc[n+]1C. The van der Waals surface area contributed by atoms with Gasteiger partial charge in [0.05, 0.1) is 17.2 Å². The maximum absolute atomic E-state index is 10.0. The van der Waals surface area contributed by atoms with E-state index in [2.05, 4.69) is 84.2 Å². The van der Waals surface area contributed by atoms with E-state index < -0.39 is 0 Å². The summed E-state index contributed by atoms with van der Waals surface area (Å²) in [5, 5.41) is 12.1. The molecule has 1 fully saturated rings. The van der Waals surface area contributed by atoms with Crippen LogP contribution in [-0.2, 0) is 7.05 Å². The minimum absolute atomic E-state index is 0.633. The summed E-state index contributed by atoms with van der Waals surface area (Å²) in [7, 11) is 2.05. The molecule has 0 atom stereocenters. The Hall–Kier alpha value is -4.10. The van der Waals surface area contributed by atoms with Crippen LogP contribution in [0.15, 0.2) is 77.3 Å². The van der Waals surface area contributed by atoms with Gasteiger partial charge in [0.1, 0.15) is 18.2 Å². The molecule has 166 valence electrons. The number of furan rings is 1. The Labute approximate surface area is 199 Å².